The second-order valence-electron chi connectivity index (χ2n) is 6.04. The zero-order valence-corrected chi connectivity index (χ0v) is 11.9. The van der Waals surface area contributed by atoms with Crippen molar-refractivity contribution in [1.82, 2.24) is 10.2 Å². The van der Waals surface area contributed by atoms with Gasteiger partial charge >= 0.3 is 12.4 Å². The molecule has 9 heteroatoms. The third-order valence-electron chi connectivity index (χ3n) is 4.64. The van der Waals surface area contributed by atoms with E-state index in [4.69, 9.17) is 0 Å². The van der Waals surface area contributed by atoms with Crippen LogP contribution in [0.15, 0.2) is 0 Å². The fourth-order valence-corrected chi connectivity index (χ4v) is 3.09. The van der Waals surface area contributed by atoms with E-state index in [9.17, 15) is 31.1 Å². The standard InChI is InChI=1S/C13H18F6N2O/c14-12(15,16)11(13(17,18)19)4-6-21(8-11)10(22)2-1-9-3-5-20-7-9/h9,20H,1-8H2. The number of likely N-dealkylation sites (tertiary alicyclic amines) is 1. The molecule has 0 saturated carbocycles. The summed E-state index contributed by atoms with van der Waals surface area (Å²) in [5.41, 5.74) is -3.79. The highest BCUT2D eigenvalue weighted by atomic mass is 19.4. The van der Waals surface area contributed by atoms with Crippen LogP contribution in [0, 0.1) is 11.3 Å². The largest absolute Gasteiger partial charge is 0.404 e. The second-order valence-corrected chi connectivity index (χ2v) is 6.04. The number of hydrogen-bond donors (Lipinski definition) is 1. The Morgan fingerprint density at radius 1 is 1.18 bits per heavy atom. The van der Waals surface area contributed by atoms with Crippen molar-refractivity contribution in [3.05, 3.63) is 0 Å². The van der Waals surface area contributed by atoms with Crippen LogP contribution in [0.25, 0.3) is 0 Å². The lowest BCUT2D eigenvalue weighted by Crippen LogP contribution is -2.52. The molecule has 2 saturated heterocycles. The highest BCUT2D eigenvalue weighted by molar-refractivity contribution is 5.76. The zero-order valence-electron chi connectivity index (χ0n) is 11.9. The molecule has 0 aromatic carbocycles. The summed E-state index contributed by atoms with van der Waals surface area (Å²) in [5.74, 6) is -0.358. The van der Waals surface area contributed by atoms with Crippen molar-refractivity contribution < 1.29 is 31.1 Å². The lowest BCUT2D eigenvalue weighted by Gasteiger charge is -2.33. The monoisotopic (exact) mass is 332 g/mol. The Balaban J connectivity index is 1.98. The molecule has 1 unspecified atom stereocenters. The summed E-state index contributed by atoms with van der Waals surface area (Å²) in [6, 6.07) is 0. The summed E-state index contributed by atoms with van der Waals surface area (Å²) in [7, 11) is 0. The van der Waals surface area contributed by atoms with Crippen LogP contribution in [0.3, 0.4) is 0 Å². The lowest BCUT2D eigenvalue weighted by atomic mass is 9.85. The minimum Gasteiger partial charge on any atom is -0.341 e. The first-order chi connectivity index (χ1) is 10.1. The van der Waals surface area contributed by atoms with E-state index in [1.54, 1.807) is 0 Å². The third kappa shape index (κ3) is 3.18. The summed E-state index contributed by atoms with van der Waals surface area (Å²) in [6.07, 6.45) is -10.6. The molecule has 1 atom stereocenters. The first-order valence-electron chi connectivity index (χ1n) is 7.19. The predicted octanol–water partition coefficient (Wildman–Crippen LogP) is 2.72. The summed E-state index contributed by atoms with van der Waals surface area (Å²) in [4.78, 5) is 12.6. The molecule has 3 nitrogen and oxygen atoms in total. The average Bonchev–Trinajstić information content (AvgIpc) is 3.03. The zero-order chi connectivity index (χ0) is 16.6. The fraction of sp³-hybridized carbons (Fsp3) is 0.923. The molecule has 2 aliphatic heterocycles. The summed E-state index contributed by atoms with van der Waals surface area (Å²) in [6.45, 7) is -0.251. The van der Waals surface area contributed by atoms with E-state index < -0.39 is 43.2 Å². The highest BCUT2D eigenvalue weighted by Crippen LogP contribution is 2.55. The van der Waals surface area contributed by atoms with Crippen molar-refractivity contribution in [2.75, 3.05) is 26.2 Å². The number of nitrogens with zero attached hydrogens (tertiary/aromatic N) is 1. The molecule has 0 aromatic rings. The van der Waals surface area contributed by atoms with Gasteiger partial charge in [-0.05, 0) is 38.3 Å². The molecule has 0 radical (unpaired) electrons. The van der Waals surface area contributed by atoms with E-state index in [2.05, 4.69) is 5.32 Å². The Labute approximate surface area is 124 Å². The highest BCUT2D eigenvalue weighted by Gasteiger charge is 2.72. The van der Waals surface area contributed by atoms with Gasteiger partial charge in [-0.25, -0.2) is 0 Å². The first-order valence-corrected chi connectivity index (χ1v) is 7.19. The van der Waals surface area contributed by atoms with Crippen molar-refractivity contribution in [3.63, 3.8) is 0 Å². The molecule has 1 amide bonds. The molecule has 0 spiro atoms. The summed E-state index contributed by atoms with van der Waals surface area (Å²) >= 11 is 0. The van der Waals surface area contributed by atoms with Crippen LogP contribution in [-0.4, -0.2) is 49.3 Å². The Kier molecular flexibility index (Phi) is 4.66. The van der Waals surface area contributed by atoms with Gasteiger partial charge in [0, 0.05) is 19.5 Å². The molecule has 2 rings (SSSR count). The van der Waals surface area contributed by atoms with Crippen LogP contribution in [0.2, 0.25) is 0 Å². The number of nitrogens with one attached hydrogen (secondary N) is 1. The first kappa shape index (κ1) is 17.4. The average molecular weight is 332 g/mol. The van der Waals surface area contributed by atoms with E-state index in [1.807, 2.05) is 0 Å². The van der Waals surface area contributed by atoms with Crippen LogP contribution < -0.4 is 5.32 Å². The van der Waals surface area contributed by atoms with E-state index in [-0.39, 0.29) is 12.3 Å². The van der Waals surface area contributed by atoms with E-state index >= 15 is 0 Å². The van der Waals surface area contributed by atoms with Crippen molar-refractivity contribution in [2.45, 2.75) is 38.0 Å². The number of carbonyl (C=O) groups excluding carboxylic acids is 1. The van der Waals surface area contributed by atoms with Gasteiger partial charge in [-0.1, -0.05) is 0 Å². The van der Waals surface area contributed by atoms with Gasteiger partial charge in [0.1, 0.15) is 0 Å². The van der Waals surface area contributed by atoms with Crippen LogP contribution in [0.1, 0.15) is 25.7 Å². The molecule has 0 aliphatic carbocycles. The molecular weight excluding hydrogens is 314 g/mol. The fourth-order valence-electron chi connectivity index (χ4n) is 3.09. The smallest absolute Gasteiger partial charge is 0.341 e. The second kappa shape index (κ2) is 5.90. The van der Waals surface area contributed by atoms with Crippen LogP contribution >= 0.6 is 0 Å². The Morgan fingerprint density at radius 2 is 1.82 bits per heavy atom. The molecule has 2 fully saturated rings. The minimum atomic E-state index is -5.41. The maximum atomic E-state index is 12.9. The predicted molar refractivity (Wildman–Crippen MR) is 66.0 cm³/mol. The maximum Gasteiger partial charge on any atom is 0.404 e. The SMILES string of the molecule is O=C(CCC1CCNC1)N1CCC(C(F)(F)F)(C(F)(F)F)C1. The molecular formula is C13H18F6N2O. The van der Waals surface area contributed by atoms with Gasteiger partial charge in [-0.3, -0.25) is 4.79 Å². The number of alkyl halides is 6. The summed E-state index contributed by atoms with van der Waals surface area (Å²) in [5, 5.41) is 3.10. The molecule has 128 valence electrons. The number of amides is 1. The maximum absolute atomic E-state index is 12.9. The van der Waals surface area contributed by atoms with E-state index in [0.717, 1.165) is 19.5 Å². The summed E-state index contributed by atoms with van der Waals surface area (Å²) < 4.78 is 77.5. The molecule has 0 aromatic heterocycles. The Morgan fingerprint density at radius 3 is 2.27 bits per heavy atom. The van der Waals surface area contributed by atoms with Gasteiger partial charge in [0.05, 0.1) is 0 Å². The van der Waals surface area contributed by atoms with Gasteiger partial charge in [0.2, 0.25) is 5.91 Å². The molecule has 1 N–H and O–H groups in total. The van der Waals surface area contributed by atoms with Crippen LogP contribution in [0.5, 0.6) is 0 Å². The minimum absolute atomic E-state index is 0.00184. The van der Waals surface area contributed by atoms with Crippen molar-refractivity contribution in [3.8, 4) is 0 Å². The third-order valence-corrected chi connectivity index (χ3v) is 4.64. The van der Waals surface area contributed by atoms with Crippen molar-refractivity contribution in [1.29, 1.82) is 0 Å². The van der Waals surface area contributed by atoms with E-state index in [1.165, 1.54) is 0 Å². The molecule has 22 heavy (non-hydrogen) atoms. The molecule has 0 bridgehead atoms. The molecule has 2 heterocycles. The Hall–Kier alpha value is -0.990. The quantitative estimate of drug-likeness (QED) is 0.806. The lowest BCUT2D eigenvalue weighted by molar-refractivity contribution is -0.334. The number of rotatable bonds is 3. The van der Waals surface area contributed by atoms with Gasteiger partial charge in [-0.15, -0.1) is 0 Å². The van der Waals surface area contributed by atoms with Gasteiger partial charge in [-0.2, -0.15) is 26.3 Å². The van der Waals surface area contributed by atoms with E-state index in [0.29, 0.717) is 11.3 Å². The van der Waals surface area contributed by atoms with Crippen molar-refractivity contribution >= 4 is 5.91 Å². The van der Waals surface area contributed by atoms with Gasteiger partial charge in [0.25, 0.3) is 0 Å². The number of hydrogen-bond acceptors (Lipinski definition) is 2. The number of halogens is 6. The topological polar surface area (TPSA) is 32.3 Å². The van der Waals surface area contributed by atoms with Gasteiger partial charge in [0.15, 0.2) is 5.41 Å². The van der Waals surface area contributed by atoms with Crippen molar-refractivity contribution in [2.24, 2.45) is 11.3 Å². The normalized spacial score (nSPS) is 25.7. The molecule has 2 aliphatic rings. The number of carbonyl (C=O) groups is 1. The van der Waals surface area contributed by atoms with Gasteiger partial charge < -0.3 is 10.2 Å². The Bertz CT molecular complexity index is 400. The van der Waals surface area contributed by atoms with Crippen LogP contribution in [-0.2, 0) is 4.79 Å². The van der Waals surface area contributed by atoms with Crippen LogP contribution in [0.4, 0.5) is 26.3 Å².